The van der Waals surface area contributed by atoms with Gasteiger partial charge in [-0.25, -0.2) is 0 Å². The Morgan fingerprint density at radius 2 is 2.25 bits per heavy atom. The van der Waals surface area contributed by atoms with Gasteiger partial charge in [0.2, 0.25) is 0 Å². The van der Waals surface area contributed by atoms with Gasteiger partial charge >= 0.3 is 0 Å². The van der Waals surface area contributed by atoms with Crippen LogP contribution in [-0.4, -0.2) is 11.7 Å². The van der Waals surface area contributed by atoms with Crippen LogP contribution < -0.4 is 5.32 Å². The maximum atomic E-state index is 9.28. The van der Waals surface area contributed by atoms with Crippen molar-refractivity contribution in [2.45, 2.75) is 19.4 Å². The Hall–Kier alpha value is -1.02. The molecule has 0 saturated carbocycles. The fourth-order valence-electron chi connectivity index (χ4n) is 1.56. The van der Waals surface area contributed by atoms with E-state index in [2.05, 4.69) is 12.2 Å². The van der Waals surface area contributed by atoms with E-state index in [0.717, 1.165) is 6.54 Å². The molecular weight excluding hydrogens is 150 g/mol. The lowest BCUT2D eigenvalue weighted by atomic mass is 9.94. The number of nitrogens with one attached hydrogen (secondary N) is 1. The van der Waals surface area contributed by atoms with Crippen molar-refractivity contribution < 1.29 is 5.11 Å². The Bertz CT molecular complexity index is 292. The van der Waals surface area contributed by atoms with Crippen LogP contribution in [0.3, 0.4) is 0 Å². The fraction of sp³-hybridized carbons (Fsp3) is 0.400. The van der Waals surface area contributed by atoms with Gasteiger partial charge in [0, 0.05) is 6.04 Å². The third-order valence-electron chi connectivity index (χ3n) is 2.46. The molecule has 1 atom stereocenters. The van der Waals surface area contributed by atoms with Crippen LogP contribution in [0, 0.1) is 6.92 Å². The van der Waals surface area contributed by atoms with E-state index in [9.17, 15) is 5.11 Å². The van der Waals surface area contributed by atoms with Gasteiger partial charge in [0.1, 0.15) is 5.75 Å². The summed E-state index contributed by atoms with van der Waals surface area (Å²) >= 11 is 0. The zero-order valence-corrected chi connectivity index (χ0v) is 7.17. The van der Waals surface area contributed by atoms with Crippen LogP contribution in [-0.2, 0) is 0 Å². The minimum Gasteiger partial charge on any atom is -0.508 e. The average molecular weight is 163 g/mol. The smallest absolute Gasteiger partial charge is 0.115 e. The lowest BCUT2D eigenvalue weighted by Gasteiger charge is -2.29. The summed E-state index contributed by atoms with van der Waals surface area (Å²) in [5, 5.41) is 12.6. The van der Waals surface area contributed by atoms with Crippen molar-refractivity contribution in [2.24, 2.45) is 0 Å². The number of aromatic hydroxyl groups is 1. The molecule has 2 heteroatoms. The SMILES string of the molecule is Cc1ccc(O)cc1[C@@H]1CCN1. The third kappa shape index (κ3) is 1.18. The average Bonchev–Trinajstić information content (AvgIpc) is 1.93. The summed E-state index contributed by atoms with van der Waals surface area (Å²) < 4.78 is 0. The van der Waals surface area contributed by atoms with E-state index in [-0.39, 0.29) is 0 Å². The number of benzene rings is 1. The molecule has 0 unspecified atom stereocenters. The Morgan fingerprint density at radius 3 is 2.83 bits per heavy atom. The van der Waals surface area contributed by atoms with Crippen molar-refractivity contribution in [2.75, 3.05) is 6.54 Å². The van der Waals surface area contributed by atoms with Crippen LogP contribution in [0.15, 0.2) is 18.2 Å². The van der Waals surface area contributed by atoms with E-state index in [1.165, 1.54) is 17.5 Å². The van der Waals surface area contributed by atoms with Crippen molar-refractivity contribution in [3.05, 3.63) is 29.3 Å². The first-order chi connectivity index (χ1) is 5.77. The molecule has 1 saturated heterocycles. The van der Waals surface area contributed by atoms with Gasteiger partial charge < -0.3 is 10.4 Å². The molecule has 0 aliphatic carbocycles. The van der Waals surface area contributed by atoms with Crippen LogP contribution >= 0.6 is 0 Å². The summed E-state index contributed by atoms with van der Waals surface area (Å²) in [5.74, 6) is 0.365. The molecule has 2 rings (SSSR count). The van der Waals surface area contributed by atoms with Crippen LogP contribution in [0.1, 0.15) is 23.6 Å². The monoisotopic (exact) mass is 163 g/mol. The van der Waals surface area contributed by atoms with E-state index < -0.39 is 0 Å². The van der Waals surface area contributed by atoms with E-state index >= 15 is 0 Å². The molecule has 1 aromatic carbocycles. The predicted molar refractivity (Wildman–Crippen MR) is 48.2 cm³/mol. The van der Waals surface area contributed by atoms with Crippen molar-refractivity contribution in [3.8, 4) is 5.75 Å². The Morgan fingerprint density at radius 1 is 1.50 bits per heavy atom. The molecule has 1 fully saturated rings. The fourth-order valence-corrected chi connectivity index (χ4v) is 1.56. The summed E-state index contributed by atoms with van der Waals surface area (Å²) in [7, 11) is 0. The van der Waals surface area contributed by atoms with Crippen LogP contribution in [0.2, 0.25) is 0 Å². The molecule has 1 aromatic rings. The van der Waals surface area contributed by atoms with Crippen molar-refractivity contribution in [1.82, 2.24) is 5.32 Å². The maximum Gasteiger partial charge on any atom is 0.115 e. The normalized spacial score (nSPS) is 21.9. The van der Waals surface area contributed by atoms with Gasteiger partial charge in [-0.1, -0.05) is 6.07 Å². The molecule has 0 amide bonds. The number of phenols is 1. The molecule has 2 nitrogen and oxygen atoms in total. The summed E-state index contributed by atoms with van der Waals surface area (Å²) in [6, 6.07) is 6.02. The quantitative estimate of drug-likeness (QED) is 0.661. The summed E-state index contributed by atoms with van der Waals surface area (Å²) in [4.78, 5) is 0. The molecule has 1 aliphatic rings. The van der Waals surface area contributed by atoms with Gasteiger partial charge in [-0.15, -0.1) is 0 Å². The van der Waals surface area contributed by atoms with Crippen LogP contribution in [0.4, 0.5) is 0 Å². The minimum absolute atomic E-state index is 0.365. The highest BCUT2D eigenvalue weighted by atomic mass is 16.3. The van der Waals surface area contributed by atoms with E-state index in [0.29, 0.717) is 11.8 Å². The first-order valence-corrected chi connectivity index (χ1v) is 4.30. The molecule has 64 valence electrons. The van der Waals surface area contributed by atoms with Gasteiger partial charge in [0.25, 0.3) is 0 Å². The summed E-state index contributed by atoms with van der Waals surface area (Å²) in [5.41, 5.74) is 2.49. The van der Waals surface area contributed by atoms with Gasteiger partial charge in [0.15, 0.2) is 0 Å². The molecule has 0 bridgehead atoms. The lowest BCUT2D eigenvalue weighted by molar-refractivity contribution is 0.379. The molecule has 1 heterocycles. The highest BCUT2D eigenvalue weighted by molar-refractivity contribution is 5.36. The molecular formula is C10H13NO. The van der Waals surface area contributed by atoms with Gasteiger partial charge in [0.05, 0.1) is 0 Å². The Kier molecular flexibility index (Phi) is 1.77. The third-order valence-corrected chi connectivity index (χ3v) is 2.46. The highest BCUT2D eigenvalue weighted by Gasteiger charge is 2.20. The second-order valence-corrected chi connectivity index (χ2v) is 3.34. The second kappa shape index (κ2) is 2.79. The summed E-state index contributed by atoms with van der Waals surface area (Å²) in [6.07, 6.45) is 1.18. The molecule has 12 heavy (non-hydrogen) atoms. The second-order valence-electron chi connectivity index (χ2n) is 3.34. The predicted octanol–water partition coefficient (Wildman–Crippen LogP) is 1.74. The number of phenolic OH excluding ortho intramolecular Hbond substituents is 1. The minimum atomic E-state index is 0.365. The maximum absolute atomic E-state index is 9.28. The lowest BCUT2D eigenvalue weighted by Crippen LogP contribution is -2.35. The van der Waals surface area contributed by atoms with Gasteiger partial charge in [-0.3, -0.25) is 0 Å². The van der Waals surface area contributed by atoms with Crippen LogP contribution in [0.25, 0.3) is 0 Å². The first-order valence-electron chi connectivity index (χ1n) is 4.30. The Balaban J connectivity index is 2.34. The van der Waals surface area contributed by atoms with Crippen molar-refractivity contribution in [3.63, 3.8) is 0 Å². The van der Waals surface area contributed by atoms with E-state index in [1.807, 2.05) is 12.1 Å². The largest absolute Gasteiger partial charge is 0.508 e. The zero-order chi connectivity index (χ0) is 8.55. The number of aryl methyl sites for hydroxylation is 1. The number of rotatable bonds is 1. The topological polar surface area (TPSA) is 32.3 Å². The molecule has 1 aliphatic heterocycles. The zero-order valence-electron chi connectivity index (χ0n) is 7.17. The van der Waals surface area contributed by atoms with E-state index in [4.69, 9.17) is 0 Å². The molecule has 2 N–H and O–H groups in total. The molecule has 0 radical (unpaired) electrons. The number of hydrogen-bond donors (Lipinski definition) is 2. The standard InChI is InChI=1S/C10H13NO/c1-7-2-3-8(12)6-9(7)10-4-5-11-10/h2-3,6,10-12H,4-5H2,1H3/t10-/m0/s1. The highest BCUT2D eigenvalue weighted by Crippen LogP contribution is 2.28. The van der Waals surface area contributed by atoms with E-state index in [1.54, 1.807) is 6.07 Å². The Labute approximate surface area is 72.2 Å². The van der Waals surface area contributed by atoms with Crippen molar-refractivity contribution in [1.29, 1.82) is 0 Å². The number of hydrogen-bond acceptors (Lipinski definition) is 2. The van der Waals surface area contributed by atoms with Gasteiger partial charge in [-0.2, -0.15) is 0 Å². The molecule has 0 spiro atoms. The molecule has 0 aromatic heterocycles. The van der Waals surface area contributed by atoms with Crippen molar-refractivity contribution >= 4 is 0 Å². The van der Waals surface area contributed by atoms with Crippen LogP contribution in [0.5, 0.6) is 5.75 Å². The summed E-state index contributed by atoms with van der Waals surface area (Å²) in [6.45, 7) is 3.18. The first kappa shape index (κ1) is 7.62. The van der Waals surface area contributed by atoms with Gasteiger partial charge in [-0.05, 0) is 43.1 Å².